The van der Waals surface area contributed by atoms with E-state index in [1.54, 1.807) is 31.2 Å². The lowest BCUT2D eigenvalue weighted by Gasteiger charge is -2.12. The number of aryl methyl sites for hydroxylation is 1. The number of hydrogen-bond acceptors (Lipinski definition) is 3. The number of para-hydroxylation sites is 1. The van der Waals surface area contributed by atoms with Crippen LogP contribution in [-0.2, 0) is 6.18 Å². The van der Waals surface area contributed by atoms with Gasteiger partial charge in [0.1, 0.15) is 5.75 Å². The molecule has 0 unspecified atom stereocenters. The zero-order chi connectivity index (χ0) is 19.2. The maximum absolute atomic E-state index is 13.8. The largest absolute Gasteiger partial charge is 0.508 e. The second-order valence-corrected chi connectivity index (χ2v) is 6.13. The lowest BCUT2D eigenvalue weighted by atomic mass is 10.1. The number of aromatic hydroxyl groups is 1. The molecule has 2 aromatic carbocycles. The Morgan fingerprint density at radius 2 is 1.63 bits per heavy atom. The minimum absolute atomic E-state index is 0.0196. The summed E-state index contributed by atoms with van der Waals surface area (Å²) in [5, 5.41) is 13.7. The monoisotopic (exact) mass is 369 g/mol. The van der Waals surface area contributed by atoms with Gasteiger partial charge in [0.15, 0.2) is 5.65 Å². The van der Waals surface area contributed by atoms with Crippen LogP contribution in [0.25, 0.3) is 28.0 Å². The number of alkyl halides is 3. The molecule has 0 aliphatic rings. The van der Waals surface area contributed by atoms with Crippen molar-refractivity contribution in [3.05, 3.63) is 71.9 Å². The minimum Gasteiger partial charge on any atom is -0.508 e. The Balaban J connectivity index is 2.06. The summed E-state index contributed by atoms with van der Waals surface area (Å²) in [5.74, 6) is 0.0287. The summed E-state index contributed by atoms with van der Waals surface area (Å²) in [5.41, 5.74) is 0.863. The normalized spacial score (nSPS) is 11.9. The Labute approximate surface area is 152 Å². The van der Waals surface area contributed by atoms with E-state index >= 15 is 0 Å². The SMILES string of the molecule is Cc1nn(-c2ccccc2)c2nc(-c3ccc(O)cc3)cc(C(F)(F)F)c12. The standard InChI is InChI=1S/C20H14F3N3O/c1-12-18-16(20(21,22)23)11-17(13-7-9-15(27)10-8-13)24-19(18)26(25-12)14-5-3-2-4-6-14/h2-11,27H,1H3. The predicted molar refractivity (Wildman–Crippen MR) is 95.7 cm³/mol. The van der Waals surface area contributed by atoms with Crippen LogP contribution in [-0.4, -0.2) is 19.9 Å². The summed E-state index contributed by atoms with van der Waals surface area (Å²) in [7, 11) is 0. The highest BCUT2D eigenvalue weighted by molar-refractivity contribution is 5.87. The lowest BCUT2D eigenvalue weighted by molar-refractivity contribution is -0.136. The maximum atomic E-state index is 13.8. The van der Waals surface area contributed by atoms with Crippen LogP contribution in [0.15, 0.2) is 60.7 Å². The molecule has 2 heterocycles. The highest BCUT2D eigenvalue weighted by atomic mass is 19.4. The van der Waals surface area contributed by atoms with Crippen LogP contribution >= 0.6 is 0 Å². The number of halogens is 3. The van der Waals surface area contributed by atoms with E-state index in [9.17, 15) is 18.3 Å². The van der Waals surface area contributed by atoms with E-state index in [0.29, 0.717) is 11.3 Å². The van der Waals surface area contributed by atoms with Crippen LogP contribution in [0.2, 0.25) is 0 Å². The average molecular weight is 369 g/mol. The van der Waals surface area contributed by atoms with Crippen molar-refractivity contribution in [3.63, 3.8) is 0 Å². The van der Waals surface area contributed by atoms with Crippen molar-refractivity contribution in [2.24, 2.45) is 0 Å². The van der Waals surface area contributed by atoms with Gasteiger partial charge in [-0.3, -0.25) is 0 Å². The van der Waals surface area contributed by atoms with Crippen molar-refractivity contribution < 1.29 is 18.3 Å². The zero-order valence-electron chi connectivity index (χ0n) is 14.2. The van der Waals surface area contributed by atoms with Gasteiger partial charge in [0.05, 0.1) is 28.0 Å². The molecule has 0 saturated carbocycles. The van der Waals surface area contributed by atoms with Gasteiger partial charge in [-0.05, 0) is 49.4 Å². The van der Waals surface area contributed by atoms with Crippen molar-refractivity contribution in [1.82, 2.24) is 14.8 Å². The molecule has 1 N–H and O–H groups in total. The molecule has 0 aliphatic carbocycles. The first-order valence-electron chi connectivity index (χ1n) is 8.17. The van der Waals surface area contributed by atoms with E-state index in [2.05, 4.69) is 10.1 Å². The molecule has 136 valence electrons. The van der Waals surface area contributed by atoms with E-state index in [0.717, 1.165) is 6.07 Å². The summed E-state index contributed by atoms with van der Waals surface area (Å²) in [6, 6.07) is 15.8. The Kier molecular flexibility index (Phi) is 3.87. The Morgan fingerprint density at radius 3 is 2.26 bits per heavy atom. The van der Waals surface area contributed by atoms with Crippen molar-refractivity contribution >= 4 is 11.0 Å². The summed E-state index contributed by atoms with van der Waals surface area (Å²) in [6.45, 7) is 1.54. The first-order chi connectivity index (χ1) is 12.8. The van der Waals surface area contributed by atoms with E-state index in [4.69, 9.17) is 0 Å². The van der Waals surface area contributed by atoms with Crippen LogP contribution < -0.4 is 0 Å². The summed E-state index contributed by atoms with van der Waals surface area (Å²) >= 11 is 0. The first kappa shape index (κ1) is 17.1. The molecule has 0 aliphatic heterocycles. The molecule has 4 rings (SSSR count). The summed E-state index contributed by atoms with van der Waals surface area (Å²) in [4.78, 5) is 4.47. The van der Waals surface area contributed by atoms with E-state index in [1.807, 2.05) is 6.07 Å². The van der Waals surface area contributed by atoms with Gasteiger partial charge in [0, 0.05) is 5.56 Å². The van der Waals surface area contributed by atoms with E-state index < -0.39 is 11.7 Å². The van der Waals surface area contributed by atoms with Crippen molar-refractivity contribution in [2.45, 2.75) is 13.1 Å². The van der Waals surface area contributed by atoms with Crippen molar-refractivity contribution in [2.75, 3.05) is 0 Å². The lowest BCUT2D eigenvalue weighted by Crippen LogP contribution is -2.08. The molecule has 0 radical (unpaired) electrons. The molecule has 0 fully saturated rings. The second kappa shape index (κ2) is 6.12. The molecule has 2 aromatic heterocycles. The van der Waals surface area contributed by atoms with Gasteiger partial charge in [0.25, 0.3) is 0 Å². The fourth-order valence-corrected chi connectivity index (χ4v) is 3.04. The van der Waals surface area contributed by atoms with Crippen molar-refractivity contribution in [1.29, 1.82) is 0 Å². The Hall–Kier alpha value is -3.35. The molecule has 7 heteroatoms. The number of benzene rings is 2. The fraction of sp³-hybridized carbons (Fsp3) is 0.100. The molecular weight excluding hydrogens is 355 g/mol. The third-order valence-electron chi connectivity index (χ3n) is 4.28. The number of pyridine rings is 1. The molecule has 0 bridgehead atoms. The van der Waals surface area contributed by atoms with E-state index in [-0.39, 0.29) is 28.2 Å². The fourth-order valence-electron chi connectivity index (χ4n) is 3.04. The highest BCUT2D eigenvalue weighted by Crippen LogP contribution is 2.38. The highest BCUT2D eigenvalue weighted by Gasteiger charge is 2.35. The molecule has 0 saturated heterocycles. The molecule has 4 nitrogen and oxygen atoms in total. The number of fused-ring (bicyclic) bond motifs is 1. The molecule has 4 aromatic rings. The van der Waals surface area contributed by atoms with Gasteiger partial charge in [-0.25, -0.2) is 9.67 Å². The first-order valence-corrected chi connectivity index (χ1v) is 8.17. The number of phenols is 1. The van der Waals surface area contributed by atoms with E-state index in [1.165, 1.54) is 28.9 Å². The third-order valence-corrected chi connectivity index (χ3v) is 4.28. The van der Waals surface area contributed by atoms with Gasteiger partial charge in [0.2, 0.25) is 0 Å². The van der Waals surface area contributed by atoms with Crippen LogP contribution in [0, 0.1) is 6.92 Å². The number of aromatic nitrogens is 3. The van der Waals surface area contributed by atoms with Gasteiger partial charge < -0.3 is 5.11 Å². The minimum atomic E-state index is -4.55. The Bertz CT molecular complexity index is 1120. The zero-order valence-corrected chi connectivity index (χ0v) is 14.2. The smallest absolute Gasteiger partial charge is 0.417 e. The van der Waals surface area contributed by atoms with Gasteiger partial charge in [-0.1, -0.05) is 18.2 Å². The predicted octanol–water partition coefficient (Wildman–Crippen LogP) is 5.12. The second-order valence-electron chi connectivity index (χ2n) is 6.13. The summed E-state index contributed by atoms with van der Waals surface area (Å²) < 4.78 is 42.7. The third kappa shape index (κ3) is 3.01. The molecule has 27 heavy (non-hydrogen) atoms. The van der Waals surface area contributed by atoms with Gasteiger partial charge in [-0.2, -0.15) is 18.3 Å². The van der Waals surface area contributed by atoms with Crippen LogP contribution in [0.4, 0.5) is 13.2 Å². The van der Waals surface area contributed by atoms with Crippen LogP contribution in [0.1, 0.15) is 11.3 Å². The van der Waals surface area contributed by atoms with Crippen LogP contribution in [0.3, 0.4) is 0 Å². The molecular formula is C20H14F3N3O. The topological polar surface area (TPSA) is 50.9 Å². The molecule has 0 spiro atoms. The number of nitrogens with zero attached hydrogens (tertiary/aromatic N) is 3. The average Bonchev–Trinajstić information content (AvgIpc) is 2.98. The molecule has 0 amide bonds. The van der Waals surface area contributed by atoms with Crippen LogP contribution in [0.5, 0.6) is 5.75 Å². The molecule has 0 atom stereocenters. The van der Waals surface area contributed by atoms with Crippen molar-refractivity contribution in [3.8, 4) is 22.7 Å². The Morgan fingerprint density at radius 1 is 0.963 bits per heavy atom. The summed E-state index contributed by atoms with van der Waals surface area (Å²) in [6.07, 6.45) is -4.55. The quantitative estimate of drug-likeness (QED) is 0.534. The number of rotatable bonds is 2. The van der Waals surface area contributed by atoms with Gasteiger partial charge in [-0.15, -0.1) is 0 Å². The number of phenolic OH excluding ortho intramolecular Hbond substituents is 1. The van der Waals surface area contributed by atoms with Gasteiger partial charge >= 0.3 is 6.18 Å². The number of hydrogen-bond donors (Lipinski definition) is 1. The maximum Gasteiger partial charge on any atom is 0.417 e.